The first-order chi connectivity index (χ1) is 21.3. The number of fused-ring (bicyclic) bond motifs is 2. The number of hydrogen-bond donors (Lipinski definition) is 2. The van der Waals surface area contributed by atoms with Crippen LogP contribution in [0.25, 0.3) is 11.4 Å². The van der Waals surface area contributed by atoms with Crippen molar-refractivity contribution in [1.29, 1.82) is 0 Å². The molecule has 2 atom stereocenters. The van der Waals surface area contributed by atoms with Crippen LogP contribution in [0.3, 0.4) is 0 Å². The molecule has 2 aromatic carbocycles. The molecular formula is C32H40N6O5S. The Morgan fingerprint density at radius 3 is 2.61 bits per heavy atom. The maximum Gasteiger partial charge on any atom is 0.243 e. The van der Waals surface area contributed by atoms with Crippen molar-refractivity contribution in [3.8, 4) is 22.9 Å². The van der Waals surface area contributed by atoms with Crippen LogP contribution in [-0.4, -0.2) is 75.3 Å². The number of nitrogens with zero attached hydrogens (tertiary/aromatic N) is 4. The highest BCUT2D eigenvalue weighted by molar-refractivity contribution is 7.98. The van der Waals surface area contributed by atoms with Crippen molar-refractivity contribution in [2.75, 3.05) is 31.9 Å². The number of carbonyl (C=O) groups excluding carboxylic acids is 3. The molecule has 0 unspecified atom stereocenters. The Morgan fingerprint density at radius 1 is 1.05 bits per heavy atom. The molecule has 0 saturated heterocycles. The van der Waals surface area contributed by atoms with Crippen LogP contribution in [0.2, 0.25) is 0 Å². The molecule has 2 aliphatic rings. The van der Waals surface area contributed by atoms with E-state index in [1.54, 1.807) is 16.7 Å². The van der Waals surface area contributed by atoms with Gasteiger partial charge >= 0.3 is 0 Å². The van der Waals surface area contributed by atoms with Gasteiger partial charge in [-0.1, -0.05) is 50.2 Å². The van der Waals surface area contributed by atoms with Gasteiger partial charge in [-0.05, 0) is 48.5 Å². The van der Waals surface area contributed by atoms with E-state index in [9.17, 15) is 14.4 Å². The molecule has 0 radical (unpaired) electrons. The maximum absolute atomic E-state index is 13.7. The molecule has 5 rings (SSSR count). The van der Waals surface area contributed by atoms with E-state index in [2.05, 4.69) is 10.6 Å². The Hall–Kier alpha value is -4.06. The van der Waals surface area contributed by atoms with Gasteiger partial charge < -0.3 is 25.0 Å². The van der Waals surface area contributed by atoms with Gasteiger partial charge in [-0.2, -0.15) is 16.9 Å². The second-order valence-corrected chi connectivity index (χ2v) is 12.3. The van der Waals surface area contributed by atoms with Crippen LogP contribution >= 0.6 is 11.8 Å². The Balaban J connectivity index is 1.46. The van der Waals surface area contributed by atoms with Crippen molar-refractivity contribution in [3.63, 3.8) is 0 Å². The molecule has 234 valence electrons. The highest BCUT2D eigenvalue weighted by Crippen LogP contribution is 2.33. The number of nitrogens with one attached hydrogen (secondary N) is 2. The van der Waals surface area contributed by atoms with E-state index < -0.39 is 12.1 Å². The lowest BCUT2D eigenvalue weighted by molar-refractivity contribution is -0.131. The minimum atomic E-state index is -0.673. The van der Waals surface area contributed by atoms with E-state index in [1.807, 2.05) is 73.3 Å². The molecule has 12 heteroatoms. The molecule has 2 N–H and O–H groups in total. The second kappa shape index (κ2) is 14.6. The van der Waals surface area contributed by atoms with Gasteiger partial charge in [0.05, 0.1) is 19.0 Å². The van der Waals surface area contributed by atoms with Crippen molar-refractivity contribution in [2.24, 2.45) is 5.92 Å². The summed E-state index contributed by atoms with van der Waals surface area (Å²) in [6, 6.07) is 14.1. The van der Waals surface area contributed by atoms with E-state index in [4.69, 9.17) is 19.6 Å². The Kier molecular flexibility index (Phi) is 10.4. The lowest BCUT2D eigenvalue weighted by Gasteiger charge is -2.28. The summed E-state index contributed by atoms with van der Waals surface area (Å²) in [6.45, 7) is 5.34. The molecule has 0 fully saturated rings. The highest BCUT2D eigenvalue weighted by Gasteiger charge is 2.30. The van der Waals surface area contributed by atoms with Crippen LogP contribution in [0.5, 0.6) is 11.5 Å². The van der Waals surface area contributed by atoms with Crippen molar-refractivity contribution >= 4 is 29.5 Å². The number of aromatic nitrogens is 3. The third-order valence-corrected chi connectivity index (χ3v) is 8.44. The molecule has 0 saturated carbocycles. The molecule has 0 bridgehead atoms. The Labute approximate surface area is 262 Å². The van der Waals surface area contributed by atoms with Gasteiger partial charge in [-0.25, -0.2) is 9.67 Å². The fourth-order valence-corrected chi connectivity index (χ4v) is 5.83. The van der Waals surface area contributed by atoms with Crippen LogP contribution in [0.15, 0.2) is 48.5 Å². The second-order valence-electron chi connectivity index (χ2n) is 11.4. The van der Waals surface area contributed by atoms with Gasteiger partial charge in [0.25, 0.3) is 0 Å². The summed E-state index contributed by atoms with van der Waals surface area (Å²) in [5.41, 5.74) is 1.68. The molecule has 3 aromatic rings. The number of carbonyl (C=O) groups is 3. The molecule has 0 aliphatic carbocycles. The first-order valence-electron chi connectivity index (χ1n) is 15.1. The zero-order valence-corrected chi connectivity index (χ0v) is 26.3. The van der Waals surface area contributed by atoms with Gasteiger partial charge in [0.2, 0.25) is 24.5 Å². The zero-order valence-electron chi connectivity index (χ0n) is 25.5. The summed E-state index contributed by atoms with van der Waals surface area (Å²) in [5, 5.41) is 11.0. The van der Waals surface area contributed by atoms with Crippen LogP contribution in [-0.2, 0) is 27.3 Å². The molecular weight excluding hydrogens is 580 g/mol. The van der Waals surface area contributed by atoms with Gasteiger partial charge in [-0.3, -0.25) is 14.4 Å². The molecule has 1 aromatic heterocycles. The predicted molar refractivity (Wildman–Crippen MR) is 168 cm³/mol. The van der Waals surface area contributed by atoms with Gasteiger partial charge in [0.1, 0.15) is 6.04 Å². The first kappa shape index (κ1) is 31.4. The summed E-state index contributed by atoms with van der Waals surface area (Å²) in [6.07, 6.45) is 3.33. The van der Waals surface area contributed by atoms with E-state index in [0.29, 0.717) is 55.6 Å². The van der Waals surface area contributed by atoms with E-state index in [1.165, 1.54) is 0 Å². The predicted octanol–water partition coefficient (Wildman–Crippen LogP) is 3.59. The monoisotopic (exact) mass is 620 g/mol. The fourth-order valence-electron chi connectivity index (χ4n) is 5.36. The van der Waals surface area contributed by atoms with Gasteiger partial charge in [0.15, 0.2) is 23.1 Å². The van der Waals surface area contributed by atoms with Crippen LogP contribution in [0.1, 0.15) is 50.5 Å². The summed E-state index contributed by atoms with van der Waals surface area (Å²) in [5.74, 6) is 2.67. The summed E-state index contributed by atoms with van der Waals surface area (Å²) >= 11 is 1.62. The number of rotatable bonds is 7. The van der Waals surface area contributed by atoms with Gasteiger partial charge in [-0.15, -0.1) is 0 Å². The van der Waals surface area contributed by atoms with Crippen molar-refractivity contribution < 1.29 is 23.9 Å². The normalized spacial score (nSPS) is 19.2. The average Bonchev–Trinajstić information content (AvgIpc) is 3.66. The quantitative estimate of drug-likeness (QED) is 0.410. The highest BCUT2D eigenvalue weighted by atomic mass is 32.2. The van der Waals surface area contributed by atoms with Crippen LogP contribution in [0, 0.1) is 5.92 Å². The SMILES string of the molecule is CSCC[C@@H]1NC(=O)CCCN(C(=O)Cc2ccc3c(c2)OCO3)CCn2nc(-c3ccccc3)nc2[C@@H](C(C)C)NC1=O. The van der Waals surface area contributed by atoms with E-state index in [0.717, 1.165) is 16.9 Å². The number of benzene rings is 2. The Morgan fingerprint density at radius 2 is 1.84 bits per heavy atom. The minimum Gasteiger partial charge on any atom is -0.454 e. The topological polar surface area (TPSA) is 128 Å². The Bertz CT molecular complexity index is 1460. The maximum atomic E-state index is 13.7. The number of ether oxygens (including phenoxy) is 2. The lowest BCUT2D eigenvalue weighted by atomic mass is 10.0. The van der Waals surface area contributed by atoms with Gasteiger partial charge in [0, 0.05) is 25.1 Å². The summed E-state index contributed by atoms with van der Waals surface area (Å²) in [4.78, 5) is 46.9. The molecule has 3 amide bonds. The van der Waals surface area contributed by atoms with Crippen LogP contribution in [0.4, 0.5) is 0 Å². The molecule has 0 spiro atoms. The lowest BCUT2D eigenvalue weighted by Crippen LogP contribution is -2.49. The largest absolute Gasteiger partial charge is 0.454 e. The molecule has 11 nitrogen and oxygen atoms in total. The smallest absolute Gasteiger partial charge is 0.243 e. The van der Waals surface area contributed by atoms with Crippen molar-refractivity contribution in [1.82, 2.24) is 30.3 Å². The minimum absolute atomic E-state index is 0.0147. The molecule has 44 heavy (non-hydrogen) atoms. The van der Waals surface area contributed by atoms with Crippen molar-refractivity contribution in [3.05, 3.63) is 59.9 Å². The first-order valence-corrected chi connectivity index (χ1v) is 16.5. The molecule has 2 aliphatic heterocycles. The fraction of sp³-hybridized carbons (Fsp3) is 0.469. The van der Waals surface area contributed by atoms with E-state index >= 15 is 0 Å². The number of thioether (sulfide) groups is 1. The number of amides is 3. The zero-order chi connectivity index (χ0) is 31.1. The summed E-state index contributed by atoms with van der Waals surface area (Å²) in [7, 11) is 0. The van der Waals surface area contributed by atoms with Crippen molar-refractivity contribution in [2.45, 2.75) is 58.2 Å². The van der Waals surface area contributed by atoms with E-state index in [-0.39, 0.29) is 43.3 Å². The molecule has 3 heterocycles. The third kappa shape index (κ3) is 7.71. The standard InChI is InChI=1S/C32H40N6O5S/c1-21(2)29-31-35-30(23-8-5-4-6-9-23)36-38(31)16-15-37(28(40)19-22-11-12-25-26(18-22)43-20-42-25)14-7-10-27(39)33-24(13-17-44-3)32(41)34-29/h4-6,8-9,11-12,18,21,24,29H,7,10,13-17,19-20H2,1-3H3,(H,33,39)(H,34,41)/t24-,29+/m0/s1. The number of hydrogen-bond acceptors (Lipinski definition) is 8. The summed E-state index contributed by atoms with van der Waals surface area (Å²) < 4.78 is 12.7. The third-order valence-electron chi connectivity index (χ3n) is 7.80. The van der Waals surface area contributed by atoms with Crippen LogP contribution < -0.4 is 20.1 Å². The average molecular weight is 621 g/mol.